The molecular weight excluding hydrogens is 616 g/mol. The summed E-state index contributed by atoms with van der Waals surface area (Å²) in [6.45, 7) is 4.01. The van der Waals surface area contributed by atoms with Gasteiger partial charge in [0.15, 0.2) is 6.29 Å². The van der Waals surface area contributed by atoms with Crippen LogP contribution in [0.25, 0.3) is 10.9 Å². The van der Waals surface area contributed by atoms with Crippen molar-refractivity contribution in [2.45, 2.75) is 36.4 Å². The molecule has 7 rings (SSSR count). The molecule has 12 heteroatoms. The molecule has 2 N–H and O–H groups in total. The second-order valence-corrected chi connectivity index (χ2v) is 13.4. The predicted molar refractivity (Wildman–Crippen MR) is 178 cm³/mol. The van der Waals surface area contributed by atoms with E-state index in [9.17, 15) is 13.5 Å². The van der Waals surface area contributed by atoms with Gasteiger partial charge in [0.1, 0.15) is 4.90 Å². The van der Waals surface area contributed by atoms with Gasteiger partial charge < -0.3 is 19.5 Å². The molecule has 2 fully saturated rings. The highest BCUT2D eigenvalue weighted by Crippen LogP contribution is 2.39. The van der Waals surface area contributed by atoms with Crippen LogP contribution in [-0.4, -0.2) is 72.2 Å². The molecule has 0 aliphatic carbocycles. The van der Waals surface area contributed by atoms with Crippen molar-refractivity contribution >= 4 is 32.6 Å². The number of nitrogens with one attached hydrogen (secondary N) is 1. The van der Waals surface area contributed by atoms with Crippen LogP contribution in [0.1, 0.15) is 35.5 Å². The van der Waals surface area contributed by atoms with Gasteiger partial charge in [-0.05, 0) is 41.5 Å². The third-order valence-corrected chi connectivity index (χ3v) is 9.99. The molecule has 2 aromatic heterocycles. The molecule has 2 aliphatic rings. The summed E-state index contributed by atoms with van der Waals surface area (Å²) in [5, 5.41) is 10.3. The smallest absolute Gasteiger partial charge is 0.264 e. The van der Waals surface area contributed by atoms with Crippen molar-refractivity contribution in [3.8, 4) is 0 Å². The summed E-state index contributed by atoms with van der Waals surface area (Å²) in [6.07, 6.45) is 4.64. The molecule has 2 aliphatic heterocycles. The van der Waals surface area contributed by atoms with Crippen LogP contribution in [-0.2, 0) is 26.1 Å². The van der Waals surface area contributed by atoms with Gasteiger partial charge in [-0.3, -0.25) is 14.6 Å². The number of anilines is 2. The summed E-state index contributed by atoms with van der Waals surface area (Å²) in [6, 6.07) is 25.4. The molecule has 0 spiro atoms. The first-order valence-corrected chi connectivity index (χ1v) is 17.1. The number of aliphatic hydroxyl groups is 1. The van der Waals surface area contributed by atoms with E-state index in [0.717, 1.165) is 55.2 Å². The quantitative estimate of drug-likeness (QED) is 0.231. The zero-order chi connectivity index (χ0) is 32.2. The highest BCUT2D eigenvalue weighted by atomic mass is 32.2. The number of fused-ring (bicyclic) bond motifs is 1. The van der Waals surface area contributed by atoms with E-state index >= 15 is 0 Å². The number of sulfonamides is 1. The summed E-state index contributed by atoms with van der Waals surface area (Å²) in [5.41, 5.74) is 3.33. The lowest BCUT2D eigenvalue weighted by molar-refractivity contribution is -0.253. The van der Waals surface area contributed by atoms with Crippen LogP contribution in [0, 0.1) is 0 Å². The summed E-state index contributed by atoms with van der Waals surface area (Å²) >= 11 is 0. The van der Waals surface area contributed by atoms with Crippen LogP contribution in [0.15, 0.2) is 108 Å². The summed E-state index contributed by atoms with van der Waals surface area (Å²) in [4.78, 5) is 17.8. The third kappa shape index (κ3) is 7.11. The second kappa shape index (κ2) is 13.7. The molecular formula is C35H36N6O5S. The van der Waals surface area contributed by atoms with Gasteiger partial charge in [-0.25, -0.2) is 18.4 Å². The molecule has 0 radical (unpaired) electrons. The van der Waals surface area contributed by atoms with Crippen molar-refractivity contribution < 1.29 is 23.0 Å². The first kappa shape index (κ1) is 31.2. The highest BCUT2D eigenvalue weighted by Gasteiger charge is 2.34. The van der Waals surface area contributed by atoms with Gasteiger partial charge in [0.05, 0.1) is 24.3 Å². The third-order valence-electron chi connectivity index (χ3n) is 8.58. The monoisotopic (exact) mass is 652 g/mol. The van der Waals surface area contributed by atoms with Gasteiger partial charge in [0.2, 0.25) is 5.95 Å². The molecule has 5 aromatic rings. The number of aromatic nitrogens is 3. The molecule has 4 heterocycles. The molecule has 0 saturated carbocycles. The maximum atomic E-state index is 13.5. The van der Waals surface area contributed by atoms with Crippen molar-refractivity contribution in [2.75, 3.05) is 42.3 Å². The number of benzene rings is 3. The summed E-state index contributed by atoms with van der Waals surface area (Å²) in [5.74, 6) is 0.744. The molecule has 242 valence electrons. The van der Waals surface area contributed by atoms with E-state index in [1.54, 1.807) is 55.0 Å². The SMILES string of the molecule is O=S(=O)(Nc1cccc(C2O[C@H](CN3CCN(c4ncccn4)CC3)C[C@H](c3ccc(CO)cc3)O2)c1)c1cccc2cccnc12. The Morgan fingerprint density at radius 3 is 2.34 bits per heavy atom. The Kier molecular flexibility index (Phi) is 9.09. The van der Waals surface area contributed by atoms with Gasteiger partial charge in [-0.2, -0.15) is 0 Å². The minimum absolute atomic E-state index is 0.0301. The minimum atomic E-state index is -3.94. The molecule has 3 aromatic carbocycles. The van der Waals surface area contributed by atoms with Crippen molar-refractivity contribution in [1.82, 2.24) is 19.9 Å². The average molecular weight is 653 g/mol. The second-order valence-electron chi connectivity index (χ2n) is 11.7. The van der Waals surface area contributed by atoms with Crippen molar-refractivity contribution in [3.05, 3.63) is 120 Å². The van der Waals surface area contributed by atoms with Crippen molar-refractivity contribution in [3.63, 3.8) is 0 Å². The number of ether oxygens (including phenoxy) is 2. The minimum Gasteiger partial charge on any atom is -0.392 e. The predicted octanol–water partition coefficient (Wildman–Crippen LogP) is 4.69. The zero-order valence-corrected chi connectivity index (χ0v) is 26.5. The maximum absolute atomic E-state index is 13.5. The van der Waals surface area contributed by atoms with Crippen LogP contribution >= 0.6 is 0 Å². The summed E-state index contributed by atoms with van der Waals surface area (Å²) in [7, 11) is -3.94. The number of hydrogen-bond donors (Lipinski definition) is 2. The fourth-order valence-electron chi connectivity index (χ4n) is 6.16. The Balaban J connectivity index is 1.10. The first-order valence-electron chi connectivity index (χ1n) is 15.7. The van der Waals surface area contributed by atoms with Crippen LogP contribution in [0.2, 0.25) is 0 Å². The topological polar surface area (TPSA) is 130 Å². The standard InChI is InChI=1S/C35H36N6O5S/c42-24-25-10-12-26(13-11-25)31-22-30(23-40-17-19-41(20-18-40)35-37-15-4-16-38-35)45-34(46-31)28-6-1-8-29(21-28)39-47(43,44)32-9-2-5-27-7-3-14-36-33(27)32/h1-16,21,30-31,34,39,42H,17-20,22-24H2/t30-,31+,34?/m0/s1. The Bertz CT molecular complexity index is 1920. The molecule has 3 atom stereocenters. The number of rotatable bonds is 9. The number of pyridine rings is 1. The number of nitrogens with zero attached hydrogens (tertiary/aromatic N) is 5. The van der Waals surface area contributed by atoms with Crippen LogP contribution in [0.3, 0.4) is 0 Å². The van der Waals surface area contributed by atoms with Gasteiger partial charge in [0.25, 0.3) is 10.0 Å². The number of piperazine rings is 1. The van der Waals surface area contributed by atoms with Gasteiger partial charge in [0, 0.05) is 74.4 Å². The van der Waals surface area contributed by atoms with Gasteiger partial charge in [-0.15, -0.1) is 0 Å². The van der Waals surface area contributed by atoms with E-state index < -0.39 is 16.3 Å². The fourth-order valence-corrected chi connectivity index (χ4v) is 7.39. The molecule has 47 heavy (non-hydrogen) atoms. The molecule has 1 unspecified atom stereocenters. The lowest BCUT2D eigenvalue weighted by atomic mass is 9.99. The van der Waals surface area contributed by atoms with E-state index in [1.807, 2.05) is 48.5 Å². The van der Waals surface area contributed by atoms with Gasteiger partial charge in [-0.1, -0.05) is 54.6 Å². The van der Waals surface area contributed by atoms with E-state index in [0.29, 0.717) is 23.2 Å². The van der Waals surface area contributed by atoms with Crippen LogP contribution < -0.4 is 9.62 Å². The first-order chi connectivity index (χ1) is 22.9. The number of para-hydroxylation sites is 1. The molecule has 11 nitrogen and oxygen atoms in total. The van der Waals surface area contributed by atoms with E-state index in [-0.39, 0.29) is 23.7 Å². The molecule has 0 amide bonds. The van der Waals surface area contributed by atoms with E-state index in [2.05, 4.69) is 29.5 Å². The fraction of sp³-hybridized carbons (Fsp3) is 0.286. The van der Waals surface area contributed by atoms with E-state index in [1.165, 1.54) is 0 Å². The lowest BCUT2D eigenvalue weighted by Crippen LogP contribution is -2.50. The van der Waals surface area contributed by atoms with Crippen molar-refractivity contribution in [2.24, 2.45) is 0 Å². The molecule has 2 saturated heterocycles. The Morgan fingerprint density at radius 1 is 0.809 bits per heavy atom. The van der Waals surface area contributed by atoms with E-state index in [4.69, 9.17) is 9.47 Å². The summed E-state index contributed by atoms with van der Waals surface area (Å²) < 4.78 is 42.9. The normalized spacial score (nSPS) is 20.7. The Labute approximate surface area is 273 Å². The van der Waals surface area contributed by atoms with Crippen LogP contribution in [0.5, 0.6) is 0 Å². The Hall–Kier alpha value is -4.46. The zero-order valence-electron chi connectivity index (χ0n) is 25.7. The van der Waals surface area contributed by atoms with Gasteiger partial charge >= 0.3 is 0 Å². The average Bonchev–Trinajstić information content (AvgIpc) is 3.12. The number of hydrogen-bond acceptors (Lipinski definition) is 10. The lowest BCUT2D eigenvalue weighted by Gasteiger charge is -2.40. The maximum Gasteiger partial charge on any atom is 0.264 e. The highest BCUT2D eigenvalue weighted by molar-refractivity contribution is 7.93. The largest absolute Gasteiger partial charge is 0.392 e. The van der Waals surface area contributed by atoms with Crippen molar-refractivity contribution in [1.29, 1.82) is 0 Å². The van der Waals surface area contributed by atoms with Crippen LogP contribution in [0.4, 0.5) is 11.6 Å². The molecule has 0 bridgehead atoms. The Morgan fingerprint density at radius 2 is 1.55 bits per heavy atom. The number of aliphatic hydroxyl groups excluding tert-OH is 1.